The largest absolute Gasteiger partial charge is 0.334 e. The number of amides is 1. The van der Waals surface area contributed by atoms with E-state index in [1.807, 2.05) is 18.2 Å². The molecule has 0 radical (unpaired) electrons. The van der Waals surface area contributed by atoms with Crippen LogP contribution in [0.1, 0.15) is 31.4 Å². The number of carbonyl (C=O) groups excluding carboxylic acids is 1. The third kappa shape index (κ3) is 3.13. The number of nitrogens with zero attached hydrogens (tertiary/aromatic N) is 2. The molecule has 0 aromatic carbocycles. The Morgan fingerprint density at radius 3 is 2.89 bits per heavy atom. The molecule has 1 atom stereocenters. The molecule has 4 nitrogen and oxygen atoms in total. The van der Waals surface area contributed by atoms with Gasteiger partial charge >= 0.3 is 0 Å². The summed E-state index contributed by atoms with van der Waals surface area (Å²) in [6.45, 7) is 2.55. The Morgan fingerprint density at radius 1 is 1.37 bits per heavy atom. The van der Waals surface area contributed by atoms with E-state index in [-0.39, 0.29) is 5.92 Å². The summed E-state index contributed by atoms with van der Waals surface area (Å²) in [6.07, 6.45) is 6.24. The molecule has 19 heavy (non-hydrogen) atoms. The molecule has 2 heterocycles. The van der Waals surface area contributed by atoms with Crippen molar-refractivity contribution in [2.75, 3.05) is 13.1 Å². The first-order valence-corrected chi connectivity index (χ1v) is 7.25. The highest BCUT2D eigenvalue weighted by molar-refractivity contribution is 5.79. The van der Waals surface area contributed by atoms with Crippen LogP contribution in [0.15, 0.2) is 24.4 Å². The minimum absolute atomic E-state index is 0.165. The SMILES string of the molecule is O=C(C1CCCNC1)N(Cc1ccccn1)C1CC1. The first-order chi connectivity index (χ1) is 9.34. The van der Waals surface area contributed by atoms with Crippen molar-refractivity contribution in [3.8, 4) is 0 Å². The number of rotatable bonds is 4. The second kappa shape index (κ2) is 5.70. The second-order valence-electron chi connectivity index (χ2n) is 5.56. The highest BCUT2D eigenvalue weighted by Gasteiger charge is 2.36. The first kappa shape index (κ1) is 12.6. The van der Waals surface area contributed by atoms with Crippen molar-refractivity contribution < 1.29 is 4.79 Å². The zero-order valence-electron chi connectivity index (χ0n) is 11.2. The molecule has 1 aliphatic carbocycles. The smallest absolute Gasteiger partial charge is 0.227 e. The van der Waals surface area contributed by atoms with E-state index in [2.05, 4.69) is 15.2 Å². The summed E-state index contributed by atoms with van der Waals surface area (Å²) in [6, 6.07) is 6.36. The summed E-state index contributed by atoms with van der Waals surface area (Å²) in [5.41, 5.74) is 0.992. The van der Waals surface area contributed by atoms with Gasteiger partial charge in [-0.25, -0.2) is 0 Å². The Balaban J connectivity index is 1.68. The summed E-state index contributed by atoms with van der Waals surface area (Å²) in [7, 11) is 0. The quantitative estimate of drug-likeness (QED) is 0.892. The number of carbonyl (C=O) groups is 1. The van der Waals surface area contributed by atoms with Gasteiger partial charge < -0.3 is 10.2 Å². The van der Waals surface area contributed by atoms with Gasteiger partial charge in [0.1, 0.15) is 0 Å². The van der Waals surface area contributed by atoms with Gasteiger partial charge in [0.2, 0.25) is 5.91 Å². The maximum atomic E-state index is 12.6. The average molecular weight is 259 g/mol. The number of piperidine rings is 1. The normalized spacial score (nSPS) is 23.1. The van der Waals surface area contributed by atoms with Crippen LogP contribution in [0, 0.1) is 5.92 Å². The predicted octanol–water partition coefficient (Wildman–Crippen LogP) is 1.57. The highest BCUT2D eigenvalue weighted by Crippen LogP contribution is 2.30. The number of hydrogen-bond donors (Lipinski definition) is 1. The highest BCUT2D eigenvalue weighted by atomic mass is 16.2. The van der Waals surface area contributed by atoms with Crippen LogP contribution in [-0.2, 0) is 11.3 Å². The molecule has 2 aliphatic rings. The van der Waals surface area contributed by atoms with Crippen molar-refractivity contribution >= 4 is 5.91 Å². The maximum absolute atomic E-state index is 12.6. The van der Waals surface area contributed by atoms with Crippen LogP contribution >= 0.6 is 0 Å². The lowest BCUT2D eigenvalue weighted by atomic mass is 9.98. The van der Waals surface area contributed by atoms with Gasteiger partial charge in [-0.2, -0.15) is 0 Å². The van der Waals surface area contributed by atoms with E-state index in [0.717, 1.165) is 44.5 Å². The fraction of sp³-hybridized carbons (Fsp3) is 0.600. The molecule has 1 unspecified atom stereocenters. The fourth-order valence-corrected chi connectivity index (χ4v) is 2.74. The van der Waals surface area contributed by atoms with Crippen LogP contribution < -0.4 is 5.32 Å². The van der Waals surface area contributed by atoms with Crippen LogP contribution in [0.4, 0.5) is 0 Å². The molecule has 2 fully saturated rings. The van der Waals surface area contributed by atoms with Gasteiger partial charge in [0.25, 0.3) is 0 Å². The maximum Gasteiger partial charge on any atom is 0.227 e. The van der Waals surface area contributed by atoms with Crippen LogP contribution in [0.3, 0.4) is 0 Å². The number of aromatic nitrogens is 1. The van der Waals surface area contributed by atoms with Gasteiger partial charge in [-0.05, 0) is 44.4 Å². The molecular formula is C15H21N3O. The van der Waals surface area contributed by atoms with Crippen molar-refractivity contribution in [1.29, 1.82) is 0 Å². The minimum Gasteiger partial charge on any atom is -0.334 e. The van der Waals surface area contributed by atoms with Gasteiger partial charge in [0, 0.05) is 18.8 Å². The fourth-order valence-electron chi connectivity index (χ4n) is 2.74. The van der Waals surface area contributed by atoms with Crippen molar-refractivity contribution in [2.45, 2.75) is 38.3 Å². The van der Waals surface area contributed by atoms with E-state index in [1.54, 1.807) is 6.20 Å². The minimum atomic E-state index is 0.165. The molecule has 1 saturated heterocycles. The zero-order valence-corrected chi connectivity index (χ0v) is 11.2. The molecule has 1 aromatic rings. The predicted molar refractivity (Wildman–Crippen MR) is 73.4 cm³/mol. The van der Waals surface area contributed by atoms with Gasteiger partial charge in [-0.3, -0.25) is 9.78 Å². The van der Waals surface area contributed by atoms with Crippen LogP contribution in [0.5, 0.6) is 0 Å². The Morgan fingerprint density at radius 2 is 2.26 bits per heavy atom. The van der Waals surface area contributed by atoms with Crippen LogP contribution in [0.25, 0.3) is 0 Å². The average Bonchev–Trinajstić information content (AvgIpc) is 3.31. The summed E-state index contributed by atoms with van der Waals surface area (Å²) >= 11 is 0. The van der Waals surface area contributed by atoms with Gasteiger partial charge in [-0.15, -0.1) is 0 Å². The lowest BCUT2D eigenvalue weighted by Gasteiger charge is -2.29. The van der Waals surface area contributed by atoms with E-state index in [1.165, 1.54) is 0 Å². The molecule has 1 aliphatic heterocycles. The summed E-state index contributed by atoms with van der Waals surface area (Å²) in [5, 5.41) is 3.33. The number of pyridine rings is 1. The summed E-state index contributed by atoms with van der Waals surface area (Å²) in [5.74, 6) is 0.485. The monoisotopic (exact) mass is 259 g/mol. The molecule has 3 rings (SSSR count). The molecule has 1 amide bonds. The third-order valence-electron chi connectivity index (χ3n) is 3.98. The van der Waals surface area contributed by atoms with Gasteiger partial charge in [-0.1, -0.05) is 6.07 Å². The molecule has 0 bridgehead atoms. The third-order valence-corrected chi connectivity index (χ3v) is 3.98. The molecule has 1 saturated carbocycles. The van der Waals surface area contributed by atoms with E-state index in [9.17, 15) is 4.79 Å². The van der Waals surface area contributed by atoms with Gasteiger partial charge in [0.15, 0.2) is 0 Å². The van der Waals surface area contributed by atoms with Crippen molar-refractivity contribution in [3.63, 3.8) is 0 Å². The first-order valence-electron chi connectivity index (χ1n) is 7.25. The van der Waals surface area contributed by atoms with Crippen LogP contribution in [-0.4, -0.2) is 34.9 Å². The Bertz CT molecular complexity index is 424. The second-order valence-corrected chi connectivity index (χ2v) is 5.56. The number of hydrogen-bond acceptors (Lipinski definition) is 3. The van der Waals surface area contributed by atoms with E-state index in [0.29, 0.717) is 18.5 Å². The molecular weight excluding hydrogens is 238 g/mol. The standard InChI is InChI=1S/C15H21N3O/c19-15(12-4-3-8-16-10-12)18(14-6-7-14)11-13-5-1-2-9-17-13/h1-2,5,9,12,14,16H,3-4,6-8,10-11H2. The molecule has 102 valence electrons. The van der Waals surface area contributed by atoms with E-state index < -0.39 is 0 Å². The van der Waals surface area contributed by atoms with E-state index in [4.69, 9.17) is 0 Å². The van der Waals surface area contributed by atoms with E-state index >= 15 is 0 Å². The van der Waals surface area contributed by atoms with Gasteiger partial charge in [0.05, 0.1) is 18.2 Å². The molecule has 0 spiro atoms. The Labute approximate surface area is 114 Å². The molecule has 1 N–H and O–H groups in total. The lowest BCUT2D eigenvalue weighted by molar-refractivity contribution is -0.137. The topological polar surface area (TPSA) is 45.2 Å². The van der Waals surface area contributed by atoms with Crippen LogP contribution in [0.2, 0.25) is 0 Å². The number of nitrogens with one attached hydrogen (secondary N) is 1. The zero-order chi connectivity index (χ0) is 13.1. The van der Waals surface area contributed by atoms with Crippen molar-refractivity contribution in [1.82, 2.24) is 15.2 Å². The molecule has 4 heteroatoms. The Kier molecular flexibility index (Phi) is 3.78. The lowest BCUT2D eigenvalue weighted by Crippen LogP contribution is -2.43. The molecule has 1 aromatic heterocycles. The Hall–Kier alpha value is -1.42. The van der Waals surface area contributed by atoms with Crippen molar-refractivity contribution in [3.05, 3.63) is 30.1 Å². The summed E-state index contributed by atoms with van der Waals surface area (Å²) < 4.78 is 0. The van der Waals surface area contributed by atoms with Crippen molar-refractivity contribution in [2.24, 2.45) is 5.92 Å². The summed E-state index contributed by atoms with van der Waals surface area (Å²) in [4.78, 5) is 19.0.